The molecule has 0 aliphatic carbocycles. The zero-order chi connectivity index (χ0) is 17.1. The molecular formula is C18H14FN3O2. The molecule has 0 aromatic heterocycles. The highest BCUT2D eigenvalue weighted by atomic mass is 19.1. The Bertz CT molecular complexity index is 830. The lowest BCUT2D eigenvalue weighted by Crippen LogP contribution is -2.32. The number of hydrogen-bond donors (Lipinski definition) is 1. The zero-order valence-corrected chi connectivity index (χ0v) is 12.7. The van der Waals surface area contributed by atoms with Crippen LogP contribution in [0, 0.1) is 17.1 Å². The van der Waals surface area contributed by atoms with E-state index in [1.165, 1.54) is 12.1 Å². The second-order valence-corrected chi connectivity index (χ2v) is 5.53. The molecular weight excluding hydrogens is 309 g/mol. The van der Waals surface area contributed by atoms with Crippen LogP contribution in [0.15, 0.2) is 48.5 Å². The van der Waals surface area contributed by atoms with Crippen LogP contribution in [0.2, 0.25) is 0 Å². The Balaban J connectivity index is 1.76. The van der Waals surface area contributed by atoms with Gasteiger partial charge in [0.15, 0.2) is 0 Å². The van der Waals surface area contributed by atoms with Crippen LogP contribution in [0.4, 0.5) is 9.18 Å². The van der Waals surface area contributed by atoms with Crippen LogP contribution in [-0.2, 0) is 17.8 Å². The van der Waals surface area contributed by atoms with E-state index in [0.29, 0.717) is 6.42 Å². The molecule has 1 aliphatic heterocycles. The van der Waals surface area contributed by atoms with Gasteiger partial charge in [0.2, 0.25) is 0 Å². The number of hydrogen-bond acceptors (Lipinski definition) is 3. The van der Waals surface area contributed by atoms with Crippen LogP contribution < -0.4 is 5.32 Å². The summed E-state index contributed by atoms with van der Waals surface area (Å²) < 4.78 is 13.9. The van der Waals surface area contributed by atoms with Crippen molar-refractivity contribution in [2.45, 2.75) is 19.0 Å². The number of amides is 3. The molecule has 6 heteroatoms. The fourth-order valence-corrected chi connectivity index (χ4v) is 2.65. The molecule has 3 amide bonds. The van der Waals surface area contributed by atoms with E-state index in [1.807, 2.05) is 36.4 Å². The van der Waals surface area contributed by atoms with Crippen LogP contribution in [0.5, 0.6) is 0 Å². The Morgan fingerprint density at radius 1 is 1.17 bits per heavy atom. The average Bonchev–Trinajstić information content (AvgIpc) is 2.85. The van der Waals surface area contributed by atoms with Crippen LogP contribution in [0.25, 0.3) is 0 Å². The van der Waals surface area contributed by atoms with E-state index >= 15 is 0 Å². The smallest absolute Gasteiger partial charge is 0.325 e. The van der Waals surface area contributed by atoms with Crippen molar-refractivity contribution < 1.29 is 14.0 Å². The van der Waals surface area contributed by atoms with Crippen LogP contribution in [-0.4, -0.2) is 22.9 Å². The molecule has 0 radical (unpaired) electrons. The summed E-state index contributed by atoms with van der Waals surface area (Å²) in [6, 6.07) is 13.9. The fraction of sp³-hybridized carbons (Fsp3) is 0.167. The summed E-state index contributed by atoms with van der Waals surface area (Å²) in [5, 5.41) is 11.5. The van der Waals surface area contributed by atoms with Gasteiger partial charge in [0.05, 0.1) is 18.2 Å². The molecule has 2 aromatic rings. The van der Waals surface area contributed by atoms with Gasteiger partial charge in [-0.3, -0.25) is 9.69 Å². The number of rotatable bonds is 4. The quantitative estimate of drug-likeness (QED) is 0.878. The second-order valence-electron chi connectivity index (χ2n) is 5.53. The number of carbonyl (C=O) groups is 2. The van der Waals surface area contributed by atoms with E-state index in [-0.39, 0.29) is 17.7 Å². The van der Waals surface area contributed by atoms with Crippen molar-refractivity contribution in [3.8, 4) is 6.07 Å². The van der Waals surface area contributed by atoms with E-state index in [4.69, 9.17) is 5.26 Å². The first-order chi connectivity index (χ1) is 11.6. The molecule has 0 saturated carbocycles. The molecule has 1 N–H and O–H groups in total. The Morgan fingerprint density at radius 3 is 2.62 bits per heavy atom. The Labute approximate surface area is 138 Å². The van der Waals surface area contributed by atoms with Crippen LogP contribution in [0.1, 0.15) is 16.7 Å². The minimum atomic E-state index is -0.665. The highest BCUT2D eigenvalue weighted by Crippen LogP contribution is 2.18. The minimum absolute atomic E-state index is 0.137. The normalized spacial score (nSPS) is 16.8. The van der Waals surface area contributed by atoms with Gasteiger partial charge in [-0.05, 0) is 23.8 Å². The maximum absolute atomic E-state index is 13.9. The lowest BCUT2D eigenvalue weighted by molar-refractivity contribution is -0.127. The summed E-state index contributed by atoms with van der Waals surface area (Å²) in [6.07, 6.45) is 0.378. The largest absolute Gasteiger partial charge is 0.325 e. The molecule has 5 nitrogen and oxygen atoms in total. The topological polar surface area (TPSA) is 73.2 Å². The van der Waals surface area contributed by atoms with Gasteiger partial charge in [-0.15, -0.1) is 0 Å². The fourth-order valence-electron chi connectivity index (χ4n) is 2.65. The number of nitrogens with one attached hydrogen (secondary N) is 1. The van der Waals surface area contributed by atoms with E-state index < -0.39 is 23.8 Å². The van der Waals surface area contributed by atoms with Gasteiger partial charge >= 0.3 is 6.03 Å². The summed E-state index contributed by atoms with van der Waals surface area (Å²) in [7, 11) is 0. The summed E-state index contributed by atoms with van der Waals surface area (Å²) in [5.74, 6) is -0.952. The lowest BCUT2D eigenvalue weighted by Gasteiger charge is -2.14. The maximum atomic E-state index is 13.9. The number of urea groups is 1. The molecule has 0 unspecified atom stereocenters. The third kappa shape index (κ3) is 3.10. The monoisotopic (exact) mass is 323 g/mol. The molecule has 24 heavy (non-hydrogen) atoms. The van der Waals surface area contributed by atoms with Gasteiger partial charge in [-0.2, -0.15) is 5.26 Å². The Morgan fingerprint density at radius 2 is 1.92 bits per heavy atom. The molecule has 1 aliphatic rings. The first-order valence-corrected chi connectivity index (χ1v) is 7.43. The highest BCUT2D eigenvalue weighted by Gasteiger charge is 2.38. The van der Waals surface area contributed by atoms with Crippen molar-refractivity contribution in [2.75, 3.05) is 0 Å². The first kappa shape index (κ1) is 15.7. The zero-order valence-electron chi connectivity index (χ0n) is 12.7. The number of imide groups is 1. The van der Waals surface area contributed by atoms with E-state index in [2.05, 4.69) is 5.32 Å². The van der Waals surface area contributed by atoms with Gasteiger partial charge < -0.3 is 5.32 Å². The van der Waals surface area contributed by atoms with E-state index in [1.54, 1.807) is 0 Å². The number of halogens is 1. The Hall–Kier alpha value is -3.20. The van der Waals surface area contributed by atoms with Gasteiger partial charge in [-0.1, -0.05) is 30.3 Å². The van der Waals surface area contributed by atoms with Crippen molar-refractivity contribution in [3.63, 3.8) is 0 Å². The molecule has 3 rings (SSSR count). The summed E-state index contributed by atoms with van der Waals surface area (Å²) in [6.45, 7) is -0.197. The predicted octanol–water partition coefficient (Wildman–Crippen LogP) is 2.36. The van der Waals surface area contributed by atoms with Crippen LogP contribution in [0.3, 0.4) is 0 Å². The number of nitriles is 1. The second kappa shape index (κ2) is 6.50. The van der Waals surface area contributed by atoms with E-state index in [9.17, 15) is 14.0 Å². The van der Waals surface area contributed by atoms with Crippen molar-refractivity contribution in [1.29, 1.82) is 5.26 Å². The number of carbonyl (C=O) groups excluding carboxylic acids is 2. The van der Waals surface area contributed by atoms with Gasteiger partial charge in [0, 0.05) is 12.0 Å². The molecule has 1 heterocycles. The average molecular weight is 323 g/mol. The first-order valence-electron chi connectivity index (χ1n) is 7.43. The van der Waals surface area contributed by atoms with Crippen molar-refractivity contribution in [1.82, 2.24) is 10.2 Å². The molecule has 2 aromatic carbocycles. The lowest BCUT2D eigenvalue weighted by atomic mass is 10.1. The molecule has 1 saturated heterocycles. The highest BCUT2D eigenvalue weighted by molar-refractivity contribution is 6.04. The molecule has 120 valence electrons. The van der Waals surface area contributed by atoms with Gasteiger partial charge in [-0.25, -0.2) is 9.18 Å². The summed E-state index contributed by atoms with van der Waals surface area (Å²) >= 11 is 0. The minimum Gasteiger partial charge on any atom is -0.325 e. The standard InChI is InChI=1S/C18H14FN3O2/c19-15-7-6-13(10-20)8-14(15)11-22-17(23)16(21-18(22)24)9-12-4-2-1-3-5-12/h1-8,16H,9,11H2,(H,21,24)/t16-/m0/s1. The van der Waals surface area contributed by atoms with Crippen LogP contribution >= 0.6 is 0 Å². The maximum Gasteiger partial charge on any atom is 0.325 e. The van der Waals surface area contributed by atoms with Crippen molar-refractivity contribution in [3.05, 3.63) is 71.0 Å². The number of benzene rings is 2. The van der Waals surface area contributed by atoms with Gasteiger partial charge in [0.25, 0.3) is 5.91 Å². The summed E-state index contributed by atoms with van der Waals surface area (Å²) in [4.78, 5) is 25.5. The summed E-state index contributed by atoms with van der Waals surface area (Å²) in [5.41, 5.74) is 1.34. The van der Waals surface area contributed by atoms with Gasteiger partial charge in [0.1, 0.15) is 11.9 Å². The van der Waals surface area contributed by atoms with Crippen molar-refractivity contribution in [2.24, 2.45) is 0 Å². The van der Waals surface area contributed by atoms with E-state index in [0.717, 1.165) is 16.5 Å². The molecule has 0 bridgehead atoms. The third-order valence-electron chi connectivity index (χ3n) is 3.89. The molecule has 1 atom stereocenters. The Kier molecular flexibility index (Phi) is 4.25. The number of nitrogens with zero attached hydrogens (tertiary/aromatic N) is 2. The SMILES string of the molecule is N#Cc1ccc(F)c(CN2C(=O)N[C@@H](Cc3ccccc3)C2=O)c1. The predicted molar refractivity (Wildman–Crippen MR) is 84.1 cm³/mol. The molecule has 0 spiro atoms. The third-order valence-corrected chi connectivity index (χ3v) is 3.89. The molecule has 1 fully saturated rings. The van der Waals surface area contributed by atoms with Crippen molar-refractivity contribution >= 4 is 11.9 Å².